The lowest BCUT2D eigenvalue weighted by molar-refractivity contribution is 0.0730. The fourth-order valence-corrected chi connectivity index (χ4v) is 4.38. The number of ether oxygens (including phenoxy) is 1. The van der Waals surface area contributed by atoms with Crippen molar-refractivity contribution >= 4 is 28.8 Å². The monoisotopic (exact) mass is 398 g/mol. The Balaban J connectivity index is 1.57. The minimum Gasteiger partial charge on any atom is -0.497 e. The maximum absolute atomic E-state index is 13.1. The fraction of sp³-hybridized carbons (Fsp3) is 0.238. The van der Waals surface area contributed by atoms with Crippen molar-refractivity contribution in [1.29, 1.82) is 0 Å². The van der Waals surface area contributed by atoms with Gasteiger partial charge in [0.15, 0.2) is 0 Å². The molecule has 138 valence electrons. The van der Waals surface area contributed by atoms with Gasteiger partial charge in [0, 0.05) is 22.5 Å². The van der Waals surface area contributed by atoms with Gasteiger partial charge in [0.1, 0.15) is 16.5 Å². The van der Waals surface area contributed by atoms with Crippen LogP contribution in [0.5, 0.6) is 5.75 Å². The van der Waals surface area contributed by atoms with Gasteiger partial charge in [-0.15, -0.1) is 11.3 Å². The number of methoxy groups -OCH3 is 1. The maximum Gasteiger partial charge on any atom is 0.273 e. The molecule has 0 saturated carbocycles. The predicted molar refractivity (Wildman–Crippen MR) is 109 cm³/mol. The van der Waals surface area contributed by atoms with Gasteiger partial charge in [-0.1, -0.05) is 35.9 Å². The molecule has 0 bridgehead atoms. The van der Waals surface area contributed by atoms with Crippen LogP contribution in [-0.4, -0.2) is 29.4 Å². The highest BCUT2D eigenvalue weighted by Gasteiger charge is 2.32. The van der Waals surface area contributed by atoms with E-state index in [2.05, 4.69) is 11.1 Å². The molecule has 0 spiro atoms. The normalized spacial score (nSPS) is 16.5. The Labute approximate surface area is 167 Å². The van der Waals surface area contributed by atoms with Gasteiger partial charge < -0.3 is 9.64 Å². The van der Waals surface area contributed by atoms with Crippen LogP contribution in [0.15, 0.2) is 53.9 Å². The summed E-state index contributed by atoms with van der Waals surface area (Å²) < 4.78 is 5.33. The molecule has 4 rings (SSSR count). The van der Waals surface area contributed by atoms with Crippen LogP contribution >= 0.6 is 22.9 Å². The quantitative estimate of drug-likeness (QED) is 0.586. The summed E-state index contributed by atoms with van der Waals surface area (Å²) >= 11 is 7.43. The first kappa shape index (κ1) is 18.0. The highest BCUT2D eigenvalue weighted by Crippen LogP contribution is 2.35. The van der Waals surface area contributed by atoms with Gasteiger partial charge in [0.2, 0.25) is 0 Å². The van der Waals surface area contributed by atoms with Crippen molar-refractivity contribution in [3.63, 3.8) is 0 Å². The van der Waals surface area contributed by atoms with E-state index in [0.717, 1.165) is 41.3 Å². The lowest BCUT2D eigenvalue weighted by Crippen LogP contribution is -2.30. The Morgan fingerprint density at radius 2 is 2.07 bits per heavy atom. The summed E-state index contributed by atoms with van der Waals surface area (Å²) in [5.74, 6) is 0.794. The second-order valence-corrected chi connectivity index (χ2v) is 7.77. The molecule has 1 saturated heterocycles. The van der Waals surface area contributed by atoms with E-state index >= 15 is 0 Å². The molecule has 6 heteroatoms. The SMILES string of the molecule is COc1cccc(C2CCCN2C(=O)c2csc(-c3ccc(Cl)cc3)n2)c1. The van der Waals surface area contributed by atoms with Crippen LogP contribution in [-0.2, 0) is 0 Å². The zero-order valence-corrected chi connectivity index (χ0v) is 16.5. The number of carbonyl (C=O) groups excluding carboxylic acids is 1. The average molecular weight is 399 g/mol. The van der Waals surface area contributed by atoms with Gasteiger partial charge >= 0.3 is 0 Å². The molecule has 0 aliphatic carbocycles. The minimum atomic E-state index is -0.0169. The van der Waals surface area contributed by atoms with Gasteiger partial charge in [-0.2, -0.15) is 0 Å². The summed E-state index contributed by atoms with van der Waals surface area (Å²) in [4.78, 5) is 19.6. The summed E-state index contributed by atoms with van der Waals surface area (Å²) in [7, 11) is 1.66. The van der Waals surface area contributed by atoms with E-state index in [1.807, 2.05) is 52.7 Å². The van der Waals surface area contributed by atoms with Gasteiger partial charge in [-0.3, -0.25) is 4.79 Å². The number of halogens is 1. The van der Waals surface area contributed by atoms with Crippen LogP contribution in [0.25, 0.3) is 10.6 Å². The smallest absolute Gasteiger partial charge is 0.273 e. The van der Waals surface area contributed by atoms with E-state index in [1.165, 1.54) is 11.3 Å². The Morgan fingerprint density at radius 3 is 2.85 bits per heavy atom. The van der Waals surface area contributed by atoms with Crippen LogP contribution in [0.4, 0.5) is 0 Å². The molecular formula is C21H19ClN2O2S. The average Bonchev–Trinajstić information content (AvgIpc) is 3.38. The van der Waals surface area contributed by atoms with E-state index in [0.29, 0.717) is 10.7 Å². The van der Waals surface area contributed by atoms with Gasteiger partial charge in [-0.25, -0.2) is 4.98 Å². The topological polar surface area (TPSA) is 42.4 Å². The van der Waals surface area contributed by atoms with Crippen molar-refractivity contribution in [1.82, 2.24) is 9.88 Å². The molecule has 3 aromatic rings. The van der Waals surface area contributed by atoms with E-state index in [4.69, 9.17) is 16.3 Å². The molecule has 1 aliphatic rings. The van der Waals surface area contributed by atoms with Crippen LogP contribution < -0.4 is 4.74 Å². The van der Waals surface area contributed by atoms with Gasteiger partial charge in [0.05, 0.1) is 13.2 Å². The Hall–Kier alpha value is -2.37. The van der Waals surface area contributed by atoms with Crippen LogP contribution in [0, 0.1) is 0 Å². The van der Waals surface area contributed by atoms with Gasteiger partial charge in [0.25, 0.3) is 5.91 Å². The van der Waals surface area contributed by atoms with Crippen molar-refractivity contribution in [2.75, 3.05) is 13.7 Å². The number of benzene rings is 2. The van der Waals surface area contributed by atoms with Crippen molar-refractivity contribution < 1.29 is 9.53 Å². The minimum absolute atomic E-state index is 0.0169. The summed E-state index contributed by atoms with van der Waals surface area (Å²) in [6, 6.07) is 15.5. The number of likely N-dealkylation sites (tertiary alicyclic amines) is 1. The molecule has 0 N–H and O–H groups in total. The standard InChI is InChI=1S/C21H19ClN2O2S/c1-26-17-5-2-4-15(12-17)19-6-3-11-24(19)21(25)18-13-27-20(23-18)14-7-9-16(22)10-8-14/h2,4-5,7-10,12-13,19H,3,6,11H2,1H3. The molecule has 27 heavy (non-hydrogen) atoms. The van der Waals surface area contributed by atoms with E-state index in [1.54, 1.807) is 7.11 Å². The molecule has 1 atom stereocenters. The third-order valence-electron chi connectivity index (χ3n) is 4.81. The first-order valence-corrected chi connectivity index (χ1v) is 10.1. The lowest BCUT2D eigenvalue weighted by Gasteiger charge is -2.24. The molecule has 1 aliphatic heterocycles. The first-order chi connectivity index (χ1) is 13.2. The van der Waals surface area contributed by atoms with Crippen molar-refractivity contribution in [3.8, 4) is 16.3 Å². The molecule has 1 fully saturated rings. The molecule has 1 aromatic heterocycles. The number of rotatable bonds is 4. The largest absolute Gasteiger partial charge is 0.497 e. The number of carbonyl (C=O) groups is 1. The summed E-state index contributed by atoms with van der Waals surface area (Å²) in [6.07, 6.45) is 1.94. The Morgan fingerprint density at radius 1 is 1.26 bits per heavy atom. The van der Waals surface area contributed by atoms with Gasteiger partial charge in [-0.05, 0) is 42.7 Å². The number of amides is 1. The summed E-state index contributed by atoms with van der Waals surface area (Å²) in [5, 5.41) is 3.35. The molecule has 2 aromatic carbocycles. The second kappa shape index (κ2) is 7.71. The van der Waals surface area contributed by atoms with Crippen molar-refractivity contribution in [3.05, 3.63) is 70.2 Å². The third-order valence-corrected chi connectivity index (χ3v) is 5.95. The zero-order chi connectivity index (χ0) is 18.8. The molecule has 4 nitrogen and oxygen atoms in total. The predicted octanol–water partition coefficient (Wildman–Crippen LogP) is 5.45. The fourth-order valence-electron chi connectivity index (χ4n) is 3.45. The van der Waals surface area contributed by atoms with Crippen LogP contribution in [0.2, 0.25) is 5.02 Å². The molecule has 2 heterocycles. The molecule has 1 unspecified atom stereocenters. The third kappa shape index (κ3) is 3.70. The Kier molecular flexibility index (Phi) is 5.14. The highest BCUT2D eigenvalue weighted by atomic mass is 35.5. The lowest BCUT2D eigenvalue weighted by atomic mass is 10.0. The maximum atomic E-state index is 13.1. The number of thiazole rings is 1. The van der Waals surface area contributed by atoms with Crippen molar-refractivity contribution in [2.24, 2.45) is 0 Å². The molecular weight excluding hydrogens is 380 g/mol. The number of aromatic nitrogens is 1. The summed E-state index contributed by atoms with van der Waals surface area (Å²) in [5.41, 5.74) is 2.57. The zero-order valence-electron chi connectivity index (χ0n) is 14.9. The highest BCUT2D eigenvalue weighted by molar-refractivity contribution is 7.13. The number of hydrogen-bond acceptors (Lipinski definition) is 4. The molecule has 1 amide bonds. The Bertz CT molecular complexity index is 955. The summed E-state index contributed by atoms with van der Waals surface area (Å²) in [6.45, 7) is 0.745. The second-order valence-electron chi connectivity index (χ2n) is 6.48. The number of hydrogen-bond donors (Lipinski definition) is 0. The van der Waals surface area contributed by atoms with E-state index < -0.39 is 0 Å². The van der Waals surface area contributed by atoms with E-state index in [9.17, 15) is 4.79 Å². The van der Waals surface area contributed by atoms with Crippen molar-refractivity contribution in [2.45, 2.75) is 18.9 Å². The van der Waals surface area contributed by atoms with Crippen LogP contribution in [0.3, 0.4) is 0 Å². The molecule has 0 radical (unpaired) electrons. The van der Waals surface area contributed by atoms with Crippen LogP contribution in [0.1, 0.15) is 34.9 Å². The number of nitrogens with zero attached hydrogens (tertiary/aromatic N) is 2. The first-order valence-electron chi connectivity index (χ1n) is 8.82. The van der Waals surface area contributed by atoms with E-state index in [-0.39, 0.29) is 11.9 Å².